The lowest BCUT2D eigenvalue weighted by molar-refractivity contribution is -0.136. The van der Waals surface area contributed by atoms with Crippen LogP contribution in [0.3, 0.4) is 0 Å². The number of carbonyl (C=O) groups is 1. The Kier molecular flexibility index (Phi) is 4.22. The quantitative estimate of drug-likeness (QED) is 0.700. The summed E-state index contributed by atoms with van der Waals surface area (Å²) >= 11 is 0. The van der Waals surface area contributed by atoms with E-state index < -0.39 is 5.97 Å². The van der Waals surface area contributed by atoms with Crippen LogP contribution >= 0.6 is 0 Å². The number of rotatable bonds is 4. The van der Waals surface area contributed by atoms with Crippen molar-refractivity contribution in [3.63, 3.8) is 0 Å². The van der Waals surface area contributed by atoms with Crippen molar-refractivity contribution in [2.75, 3.05) is 6.54 Å². The van der Waals surface area contributed by atoms with Crippen LogP contribution in [0.2, 0.25) is 0 Å². The molecular formula is C10H19NO2. The maximum Gasteiger partial charge on any atom is 0.304 e. The molecule has 1 saturated carbocycles. The lowest BCUT2D eigenvalue weighted by Crippen LogP contribution is -2.34. The molecule has 2 unspecified atom stereocenters. The summed E-state index contributed by atoms with van der Waals surface area (Å²) < 4.78 is 0. The van der Waals surface area contributed by atoms with E-state index >= 15 is 0 Å². The fourth-order valence-corrected chi connectivity index (χ4v) is 2.00. The predicted octanol–water partition coefficient (Wildman–Crippen LogP) is 1.63. The van der Waals surface area contributed by atoms with Crippen molar-refractivity contribution in [2.45, 2.75) is 45.1 Å². The molecule has 1 aliphatic carbocycles. The number of hydrogen-bond acceptors (Lipinski definition) is 2. The zero-order valence-corrected chi connectivity index (χ0v) is 8.25. The standard InChI is InChI=1S/C10H19NO2/c1-8-3-2-4-9(7-8)11-6-5-10(12)13/h8-9,11H,2-7H2,1H3,(H,12,13). The highest BCUT2D eigenvalue weighted by molar-refractivity contribution is 5.66. The van der Waals surface area contributed by atoms with Crippen LogP contribution in [0.25, 0.3) is 0 Å². The second-order valence-corrected chi connectivity index (χ2v) is 4.07. The minimum absolute atomic E-state index is 0.241. The summed E-state index contributed by atoms with van der Waals surface area (Å²) in [5.41, 5.74) is 0. The highest BCUT2D eigenvalue weighted by atomic mass is 16.4. The molecular weight excluding hydrogens is 166 g/mol. The summed E-state index contributed by atoms with van der Waals surface area (Å²) in [6.45, 7) is 2.89. The lowest BCUT2D eigenvalue weighted by atomic mass is 9.87. The van der Waals surface area contributed by atoms with Gasteiger partial charge >= 0.3 is 5.97 Å². The van der Waals surface area contributed by atoms with Crippen LogP contribution in [-0.2, 0) is 4.79 Å². The number of carboxylic acid groups (broad SMARTS) is 1. The van der Waals surface area contributed by atoms with Crippen molar-refractivity contribution >= 4 is 5.97 Å². The Morgan fingerprint density at radius 2 is 2.31 bits per heavy atom. The zero-order valence-electron chi connectivity index (χ0n) is 8.25. The maximum absolute atomic E-state index is 10.3. The third kappa shape index (κ3) is 4.27. The van der Waals surface area contributed by atoms with Gasteiger partial charge < -0.3 is 10.4 Å². The van der Waals surface area contributed by atoms with Gasteiger partial charge in [0.25, 0.3) is 0 Å². The number of carboxylic acids is 1. The summed E-state index contributed by atoms with van der Waals surface area (Å²) in [6, 6.07) is 0.558. The van der Waals surface area contributed by atoms with Gasteiger partial charge in [-0.05, 0) is 18.8 Å². The molecule has 0 aliphatic heterocycles. The average Bonchev–Trinajstić information content (AvgIpc) is 2.03. The fraction of sp³-hybridized carbons (Fsp3) is 0.900. The molecule has 0 amide bonds. The molecule has 3 nitrogen and oxygen atoms in total. The van der Waals surface area contributed by atoms with Crippen LogP contribution in [-0.4, -0.2) is 23.7 Å². The van der Waals surface area contributed by atoms with E-state index in [1.807, 2.05) is 0 Å². The highest BCUT2D eigenvalue weighted by Crippen LogP contribution is 2.23. The third-order valence-corrected chi connectivity index (χ3v) is 2.71. The van der Waals surface area contributed by atoms with Gasteiger partial charge in [-0.3, -0.25) is 4.79 Å². The Morgan fingerprint density at radius 1 is 1.54 bits per heavy atom. The topological polar surface area (TPSA) is 49.3 Å². The molecule has 2 N–H and O–H groups in total. The Bertz CT molecular complexity index is 170. The molecule has 76 valence electrons. The first-order chi connectivity index (χ1) is 6.18. The van der Waals surface area contributed by atoms with Crippen molar-refractivity contribution in [1.29, 1.82) is 0 Å². The van der Waals surface area contributed by atoms with E-state index in [4.69, 9.17) is 5.11 Å². The average molecular weight is 185 g/mol. The molecule has 0 saturated heterocycles. The van der Waals surface area contributed by atoms with Gasteiger partial charge in [-0.2, -0.15) is 0 Å². The first-order valence-corrected chi connectivity index (χ1v) is 5.13. The zero-order chi connectivity index (χ0) is 9.68. The first-order valence-electron chi connectivity index (χ1n) is 5.13. The van der Waals surface area contributed by atoms with Crippen LogP contribution < -0.4 is 5.32 Å². The Hall–Kier alpha value is -0.570. The molecule has 0 radical (unpaired) electrons. The molecule has 0 aromatic rings. The molecule has 0 spiro atoms. The first kappa shape index (κ1) is 10.5. The minimum Gasteiger partial charge on any atom is -0.481 e. The largest absolute Gasteiger partial charge is 0.481 e. The summed E-state index contributed by atoms with van der Waals surface area (Å²) in [7, 11) is 0. The number of nitrogens with one attached hydrogen (secondary N) is 1. The van der Waals surface area contributed by atoms with Crippen molar-refractivity contribution in [3.05, 3.63) is 0 Å². The Balaban J connectivity index is 2.10. The molecule has 0 aromatic carbocycles. The van der Waals surface area contributed by atoms with E-state index in [-0.39, 0.29) is 6.42 Å². The molecule has 1 aliphatic rings. The molecule has 2 atom stereocenters. The van der Waals surface area contributed by atoms with Crippen LogP contribution in [0.4, 0.5) is 0 Å². The molecule has 0 aromatic heterocycles. The normalized spacial score (nSPS) is 28.7. The monoisotopic (exact) mass is 185 g/mol. The van der Waals surface area contributed by atoms with Gasteiger partial charge in [0.1, 0.15) is 0 Å². The molecule has 3 heteroatoms. The van der Waals surface area contributed by atoms with E-state index in [0.717, 1.165) is 5.92 Å². The summed E-state index contributed by atoms with van der Waals surface area (Å²) in [6.07, 6.45) is 5.28. The van der Waals surface area contributed by atoms with Gasteiger partial charge in [-0.1, -0.05) is 19.8 Å². The molecule has 1 rings (SSSR count). The highest BCUT2D eigenvalue weighted by Gasteiger charge is 2.17. The van der Waals surface area contributed by atoms with E-state index in [0.29, 0.717) is 12.6 Å². The van der Waals surface area contributed by atoms with Gasteiger partial charge in [0.2, 0.25) is 0 Å². The predicted molar refractivity (Wildman–Crippen MR) is 51.7 cm³/mol. The Morgan fingerprint density at radius 3 is 2.92 bits per heavy atom. The summed E-state index contributed by atoms with van der Waals surface area (Å²) in [5.74, 6) is 0.0902. The van der Waals surface area contributed by atoms with Gasteiger partial charge in [-0.25, -0.2) is 0 Å². The lowest BCUT2D eigenvalue weighted by Gasteiger charge is -2.27. The third-order valence-electron chi connectivity index (χ3n) is 2.71. The van der Waals surface area contributed by atoms with Crippen LogP contribution in [0.15, 0.2) is 0 Å². The van der Waals surface area contributed by atoms with Gasteiger partial charge in [0.15, 0.2) is 0 Å². The van der Waals surface area contributed by atoms with E-state index in [9.17, 15) is 4.79 Å². The molecule has 0 heterocycles. The number of aliphatic carboxylic acids is 1. The maximum atomic E-state index is 10.3. The van der Waals surface area contributed by atoms with Crippen molar-refractivity contribution in [3.8, 4) is 0 Å². The smallest absolute Gasteiger partial charge is 0.304 e. The SMILES string of the molecule is CC1CCCC(NCCC(=O)O)C1. The molecule has 0 bridgehead atoms. The summed E-state index contributed by atoms with van der Waals surface area (Å²) in [4.78, 5) is 10.3. The number of hydrogen-bond donors (Lipinski definition) is 2. The van der Waals surface area contributed by atoms with Crippen LogP contribution in [0.1, 0.15) is 39.0 Å². The Labute approximate surface area is 79.5 Å². The molecule has 1 fully saturated rings. The van der Waals surface area contributed by atoms with E-state index in [2.05, 4.69) is 12.2 Å². The van der Waals surface area contributed by atoms with Gasteiger partial charge in [0.05, 0.1) is 6.42 Å². The van der Waals surface area contributed by atoms with Crippen LogP contribution in [0, 0.1) is 5.92 Å². The second kappa shape index (κ2) is 5.22. The fourth-order valence-electron chi connectivity index (χ4n) is 2.00. The van der Waals surface area contributed by atoms with Crippen molar-refractivity contribution in [1.82, 2.24) is 5.32 Å². The van der Waals surface area contributed by atoms with Crippen molar-refractivity contribution < 1.29 is 9.90 Å². The van der Waals surface area contributed by atoms with Gasteiger partial charge in [-0.15, -0.1) is 0 Å². The summed E-state index contributed by atoms with van der Waals surface area (Å²) in [5, 5.41) is 11.8. The molecule has 13 heavy (non-hydrogen) atoms. The van der Waals surface area contributed by atoms with Crippen molar-refractivity contribution in [2.24, 2.45) is 5.92 Å². The van der Waals surface area contributed by atoms with E-state index in [1.165, 1.54) is 25.7 Å². The second-order valence-electron chi connectivity index (χ2n) is 4.07. The van der Waals surface area contributed by atoms with Crippen LogP contribution in [0.5, 0.6) is 0 Å². The van der Waals surface area contributed by atoms with E-state index in [1.54, 1.807) is 0 Å². The minimum atomic E-state index is -0.712. The van der Waals surface area contributed by atoms with Gasteiger partial charge in [0, 0.05) is 12.6 Å².